The molecule has 1 heterocycles. The van der Waals surface area contributed by atoms with Crippen molar-refractivity contribution in [2.75, 3.05) is 18.5 Å². The number of anilines is 1. The molecular formula is C22H32N2O3. The average Bonchev–Trinajstić information content (AvgIpc) is 2.63. The molecule has 0 bridgehead atoms. The Balaban J connectivity index is 2.30. The van der Waals surface area contributed by atoms with Gasteiger partial charge in [-0.3, -0.25) is 9.78 Å². The van der Waals surface area contributed by atoms with Crippen molar-refractivity contribution in [1.82, 2.24) is 4.98 Å². The lowest BCUT2D eigenvalue weighted by Gasteiger charge is -2.30. The van der Waals surface area contributed by atoms with Crippen LogP contribution >= 0.6 is 0 Å². The Hall–Kier alpha value is -2.14. The van der Waals surface area contributed by atoms with Gasteiger partial charge in [-0.05, 0) is 56.9 Å². The molecule has 1 N–H and O–H groups in total. The minimum Gasteiger partial charge on any atom is -0.491 e. The summed E-state index contributed by atoms with van der Waals surface area (Å²) in [6.45, 7) is 11.2. The molecule has 2 aromatic rings. The Bertz CT molecular complexity index is 760. The SMILES string of the molecule is CCCCOc1ccc(NC(=O)C(C)(CC(C)C)OCC)c2cccnc12. The Morgan fingerprint density at radius 3 is 2.70 bits per heavy atom. The maximum absolute atomic E-state index is 13.0. The fourth-order valence-corrected chi connectivity index (χ4v) is 3.27. The summed E-state index contributed by atoms with van der Waals surface area (Å²) >= 11 is 0. The van der Waals surface area contributed by atoms with Crippen molar-refractivity contribution >= 4 is 22.5 Å². The highest BCUT2D eigenvalue weighted by molar-refractivity contribution is 6.05. The summed E-state index contributed by atoms with van der Waals surface area (Å²) in [4.78, 5) is 17.5. The monoisotopic (exact) mass is 372 g/mol. The molecule has 1 atom stereocenters. The molecule has 0 saturated heterocycles. The lowest BCUT2D eigenvalue weighted by atomic mass is 9.93. The minimum absolute atomic E-state index is 0.136. The summed E-state index contributed by atoms with van der Waals surface area (Å²) < 4.78 is 11.7. The van der Waals surface area contributed by atoms with Gasteiger partial charge >= 0.3 is 0 Å². The summed E-state index contributed by atoms with van der Waals surface area (Å²) in [6, 6.07) is 7.57. The predicted molar refractivity (Wildman–Crippen MR) is 110 cm³/mol. The molecule has 0 aliphatic heterocycles. The van der Waals surface area contributed by atoms with Gasteiger partial charge in [0.1, 0.15) is 16.9 Å². The maximum Gasteiger partial charge on any atom is 0.256 e. The number of carbonyl (C=O) groups is 1. The lowest BCUT2D eigenvalue weighted by molar-refractivity contribution is -0.140. The first kappa shape index (κ1) is 21.2. The normalized spacial score (nSPS) is 13.6. The number of amides is 1. The van der Waals surface area contributed by atoms with E-state index in [1.54, 1.807) is 6.20 Å². The zero-order chi connectivity index (χ0) is 19.9. The molecular weight excluding hydrogens is 340 g/mol. The Labute approximate surface area is 162 Å². The topological polar surface area (TPSA) is 60.5 Å². The van der Waals surface area contributed by atoms with E-state index in [4.69, 9.17) is 9.47 Å². The Morgan fingerprint density at radius 1 is 1.26 bits per heavy atom. The highest BCUT2D eigenvalue weighted by Gasteiger charge is 2.35. The highest BCUT2D eigenvalue weighted by Crippen LogP contribution is 2.31. The van der Waals surface area contributed by atoms with Crippen molar-refractivity contribution in [3.05, 3.63) is 30.5 Å². The molecule has 27 heavy (non-hydrogen) atoms. The molecule has 0 radical (unpaired) electrons. The smallest absolute Gasteiger partial charge is 0.256 e. The van der Waals surface area contributed by atoms with Crippen molar-refractivity contribution < 1.29 is 14.3 Å². The van der Waals surface area contributed by atoms with Crippen LogP contribution in [0.5, 0.6) is 5.75 Å². The summed E-state index contributed by atoms with van der Waals surface area (Å²) in [7, 11) is 0. The molecule has 5 nitrogen and oxygen atoms in total. The number of nitrogens with zero attached hydrogens (tertiary/aromatic N) is 1. The second-order valence-corrected chi connectivity index (χ2v) is 7.43. The zero-order valence-corrected chi connectivity index (χ0v) is 17.2. The standard InChI is InChI=1S/C22H32N2O3/c1-6-8-14-26-19-12-11-18(17-10-9-13-23-20(17)19)24-21(25)22(5,27-7-2)15-16(3)4/h9-13,16H,6-8,14-15H2,1-5H3,(H,24,25). The van der Waals surface area contributed by atoms with E-state index in [1.165, 1.54) is 0 Å². The van der Waals surface area contributed by atoms with Crippen LogP contribution in [-0.4, -0.2) is 29.7 Å². The number of benzene rings is 1. The molecule has 5 heteroatoms. The molecule has 0 spiro atoms. The maximum atomic E-state index is 13.0. The van der Waals surface area contributed by atoms with Gasteiger partial charge in [-0.1, -0.05) is 27.2 Å². The molecule has 1 amide bonds. The van der Waals surface area contributed by atoms with Crippen molar-refractivity contribution in [1.29, 1.82) is 0 Å². The van der Waals surface area contributed by atoms with Crippen LogP contribution in [0.1, 0.15) is 53.9 Å². The van der Waals surface area contributed by atoms with Crippen LogP contribution < -0.4 is 10.1 Å². The largest absolute Gasteiger partial charge is 0.491 e. The van der Waals surface area contributed by atoms with Crippen LogP contribution in [-0.2, 0) is 9.53 Å². The summed E-state index contributed by atoms with van der Waals surface area (Å²) in [6.07, 6.45) is 4.46. The molecule has 0 aliphatic carbocycles. The van der Waals surface area contributed by atoms with Gasteiger partial charge in [0.2, 0.25) is 0 Å². The second-order valence-electron chi connectivity index (χ2n) is 7.43. The number of unbranched alkanes of at least 4 members (excludes halogenated alkanes) is 1. The summed E-state index contributed by atoms with van der Waals surface area (Å²) in [5.74, 6) is 0.953. The molecule has 1 aromatic carbocycles. The molecule has 148 valence electrons. The third-order valence-corrected chi connectivity index (χ3v) is 4.48. The van der Waals surface area contributed by atoms with Crippen LogP contribution in [0, 0.1) is 5.92 Å². The predicted octanol–water partition coefficient (Wildman–Crippen LogP) is 5.19. The first-order valence-electron chi connectivity index (χ1n) is 9.87. The fourth-order valence-electron chi connectivity index (χ4n) is 3.27. The van der Waals surface area contributed by atoms with Crippen LogP contribution in [0.2, 0.25) is 0 Å². The second kappa shape index (κ2) is 9.70. The lowest BCUT2D eigenvalue weighted by Crippen LogP contribution is -2.44. The van der Waals surface area contributed by atoms with Crippen LogP contribution in [0.15, 0.2) is 30.5 Å². The third kappa shape index (κ3) is 5.42. The van der Waals surface area contributed by atoms with Crippen LogP contribution in [0.25, 0.3) is 10.9 Å². The van der Waals surface area contributed by atoms with Gasteiger partial charge in [0, 0.05) is 18.2 Å². The fraction of sp³-hybridized carbons (Fsp3) is 0.545. The molecule has 0 saturated carbocycles. The highest BCUT2D eigenvalue weighted by atomic mass is 16.5. The van der Waals surface area contributed by atoms with E-state index in [2.05, 4.69) is 31.1 Å². The number of hydrogen-bond donors (Lipinski definition) is 1. The van der Waals surface area contributed by atoms with Gasteiger partial charge in [-0.15, -0.1) is 0 Å². The number of fused-ring (bicyclic) bond motifs is 1. The Kier molecular flexibility index (Phi) is 7.60. The third-order valence-electron chi connectivity index (χ3n) is 4.48. The van der Waals surface area contributed by atoms with Gasteiger partial charge in [-0.2, -0.15) is 0 Å². The number of hydrogen-bond acceptors (Lipinski definition) is 4. The van der Waals surface area contributed by atoms with Gasteiger partial charge in [-0.25, -0.2) is 0 Å². The van der Waals surface area contributed by atoms with Gasteiger partial charge in [0.15, 0.2) is 0 Å². The van der Waals surface area contributed by atoms with Crippen molar-refractivity contribution in [2.24, 2.45) is 5.92 Å². The van der Waals surface area contributed by atoms with Crippen LogP contribution in [0.4, 0.5) is 5.69 Å². The first-order valence-corrected chi connectivity index (χ1v) is 9.87. The molecule has 1 aromatic heterocycles. The van der Waals surface area contributed by atoms with Gasteiger partial charge in [0.05, 0.1) is 12.3 Å². The zero-order valence-electron chi connectivity index (χ0n) is 17.2. The van der Waals surface area contributed by atoms with E-state index in [1.807, 2.05) is 38.1 Å². The number of ether oxygens (including phenoxy) is 2. The van der Waals surface area contributed by atoms with Crippen molar-refractivity contribution in [3.8, 4) is 5.75 Å². The van der Waals surface area contributed by atoms with E-state index in [0.29, 0.717) is 25.6 Å². The van der Waals surface area contributed by atoms with Crippen LogP contribution in [0.3, 0.4) is 0 Å². The number of nitrogens with one attached hydrogen (secondary N) is 1. The van der Waals surface area contributed by atoms with E-state index >= 15 is 0 Å². The molecule has 1 unspecified atom stereocenters. The summed E-state index contributed by atoms with van der Waals surface area (Å²) in [5, 5.41) is 3.91. The summed E-state index contributed by atoms with van der Waals surface area (Å²) in [5.41, 5.74) is 0.613. The Morgan fingerprint density at radius 2 is 2.04 bits per heavy atom. The minimum atomic E-state index is -0.867. The molecule has 0 fully saturated rings. The quantitative estimate of drug-likeness (QED) is 0.583. The number of rotatable bonds is 10. The number of aromatic nitrogens is 1. The van der Waals surface area contributed by atoms with Gasteiger partial charge in [0.25, 0.3) is 5.91 Å². The van der Waals surface area contributed by atoms with Crippen molar-refractivity contribution in [3.63, 3.8) is 0 Å². The average molecular weight is 373 g/mol. The first-order chi connectivity index (χ1) is 12.9. The van der Waals surface area contributed by atoms with E-state index in [9.17, 15) is 4.79 Å². The van der Waals surface area contributed by atoms with Crippen molar-refractivity contribution in [2.45, 2.75) is 59.5 Å². The van der Waals surface area contributed by atoms with Gasteiger partial charge < -0.3 is 14.8 Å². The van der Waals surface area contributed by atoms with E-state index in [0.717, 1.165) is 35.2 Å². The number of carbonyl (C=O) groups excluding carboxylic acids is 1. The van der Waals surface area contributed by atoms with E-state index < -0.39 is 5.60 Å². The molecule has 2 rings (SSSR count). The number of pyridine rings is 1. The molecule has 0 aliphatic rings. The van der Waals surface area contributed by atoms with E-state index in [-0.39, 0.29) is 5.91 Å².